The summed E-state index contributed by atoms with van der Waals surface area (Å²) < 4.78 is 0.903. The molecule has 2 aromatic rings. The summed E-state index contributed by atoms with van der Waals surface area (Å²) in [5.74, 6) is -1.58. The van der Waals surface area contributed by atoms with Gasteiger partial charge in [-0.3, -0.25) is 4.79 Å². The Labute approximate surface area is 113 Å². The van der Waals surface area contributed by atoms with Crippen LogP contribution in [0.25, 0.3) is 0 Å². The van der Waals surface area contributed by atoms with Gasteiger partial charge in [-0.15, -0.1) is 0 Å². The van der Waals surface area contributed by atoms with Crippen molar-refractivity contribution in [3.8, 4) is 0 Å². The predicted molar refractivity (Wildman–Crippen MR) is 70.3 cm³/mol. The van der Waals surface area contributed by atoms with Gasteiger partial charge in [0, 0.05) is 10.7 Å². The highest BCUT2D eigenvalue weighted by molar-refractivity contribution is 9.10. The second-order valence-corrected chi connectivity index (χ2v) is 4.69. The smallest absolute Gasteiger partial charge is 0.313 e. The number of aliphatic carboxylic acids is 1. The molecule has 0 bridgehead atoms. The number of carboxylic acid groups (broad SMARTS) is 1. The zero-order chi connectivity index (χ0) is 13.0. The Balaban J connectivity index is 2.28. The quantitative estimate of drug-likeness (QED) is 0.943. The van der Waals surface area contributed by atoms with Crippen LogP contribution in [0.5, 0.6) is 0 Å². The van der Waals surface area contributed by atoms with Crippen LogP contribution in [0.4, 0.5) is 0 Å². The van der Waals surface area contributed by atoms with Gasteiger partial charge in [-0.25, -0.2) is 0 Å². The third-order valence-corrected chi connectivity index (χ3v) is 3.40. The van der Waals surface area contributed by atoms with E-state index >= 15 is 0 Å². The monoisotopic (exact) mass is 306 g/mol. The van der Waals surface area contributed by atoms with Crippen molar-refractivity contribution >= 4 is 21.9 Å². The molecule has 0 fully saturated rings. The summed E-state index contributed by atoms with van der Waals surface area (Å²) in [6.45, 7) is 0. The minimum absolute atomic E-state index is 0.384. The number of rotatable bonds is 4. The van der Waals surface area contributed by atoms with E-state index in [4.69, 9.17) is 0 Å². The Kier molecular flexibility index (Phi) is 4.04. The number of aromatic nitrogens is 2. The van der Waals surface area contributed by atoms with Crippen LogP contribution in [0.1, 0.15) is 17.2 Å². The highest BCUT2D eigenvalue weighted by Gasteiger charge is 2.22. The molecule has 1 heterocycles. The van der Waals surface area contributed by atoms with Crippen molar-refractivity contribution in [1.29, 1.82) is 0 Å². The Morgan fingerprint density at radius 1 is 1.28 bits per heavy atom. The van der Waals surface area contributed by atoms with Gasteiger partial charge in [0.05, 0.1) is 5.69 Å². The van der Waals surface area contributed by atoms with Crippen molar-refractivity contribution in [2.45, 2.75) is 12.3 Å². The van der Waals surface area contributed by atoms with Crippen molar-refractivity contribution < 1.29 is 9.90 Å². The molecule has 0 aliphatic heterocycles. The minimum Gasteiger partial charge on any atom is -0.481 e. The summed E-state index contributed by atoms with van der Waals surface area (Å²) in [4.78, 5) is 11.3. The molecule has 0 aliphatic rings. The number of halogens is 1. The molecule has 1 aromatic carbocycles. The van der Waals surface area contributed by atoms with Crippen LogP contribution in [0.15, 0.2) is 47.1 Å². The lowest BCUT2D eigenvalue weighted by Crippen LogP contribution is -2.16. The third-order valence-electron chi connectivity index (χ3n) is 2.63. The number of hydrogen-bond donors (Lipinski definition) is 1. The average Bonchev–Trinajstić information content (AvgIpc) is 2.38. The molecule has 0 spiro atoms. The molecule has 5 heteroatoms. The maximum Gasteiger partial charge on any atom is 0.313 e. The van der Waals surface area contributed by atoms with Crippen molar-refractivity contribution in [1.82, 2.24) is 10.2 Å². The van der Waals surface area contributed by atoms with E-state index in [-0.39, 0.29) is 0 Å². The molecule has 18 heavy (non-hydrogen) atoms. The van der Waals surface area contributed by atoms with E-state index in [9.17, 15) is 9.90 Å². The Hall–Kier alpha value is -1.75. The zero-order valence-electron chi connectivity index (χ0n) is 9.45. The number of hydrogen-bond acceptors (Lipinski definition) is 3. The summed E-state index contributed by atoms with van der Waals surface area (Å²) in [5.41, 5.74) is 1.41. The SMILES string of the molecule is O=C(O)C(Cc1ccccc1Br)c1cccnn1. The van der Waals surface area contributed by atoms with Gasteiger partial charge in [-0.2, -0.15) is 10.2 Å². The first-order valence-corrected chi connectivity index (χ1v) is 6.21. The van der Waals surface area contributed by atoms with E-state index in [0.29, 0.717) is 12.1 Å². The highest BCUT2D eigenvalue weighted by atomic mass is 79.9. The first-order valence-electron chi connectivity index (χ1n) is 5.42. The molecule has 0 saturated carbocycles. The molecule has 1 unspecified atom stereocenters. The maximum atomic E-state index is 11.3. The average molecular weight is 307 g/mol. The first kappa shape index (κ1) is 12.7. The van der Waals surface area contributed by atoms with E-state index in [0.717, 1.165) is 10.0 Å². The molecule has 0 saturated heterocycles. The number of carbonyl (C=O) groups is 1. The van der Waals surface area contributed by atoms with E-state index in [1.165, 1.54) is 6.20 Å². The van der Waals surface area contributed by atoms with E-state index < -0.39 is 11.9 Å². The van der Waals surface area contributed by atoms with E-state index in [2.05, 4.69) is 26.1 Å². The second-order valence-electron chi connectivity index (χ2n) is 3.83. The second kappa shape index (κ2) is 5.73. The third kappa shape index (κ3) is 2.92. The normalized spacial score (nSPS) is 12.1. The summed E-state index contributed by atoms with van der Waals surface area (Å²) in [6, 6.07) is 10.9. The predicted octanol–water partition coefficient (Wildman–Crippen LogP) is 2.65. The van der Waals surface area contributed by atoms with Crippen molar-refractivity contribution in [3.05, 3.63) is 58.3 Å². The number of nitrogens with zero attached hydrogens (tertiary/aromatic N) is 2. The van der Waals surface area contributed by atoms with Crippen molar-refractivity contribution in [2.75, 3.05) is 0 Å². The Bertz CT molecular complexity index is 546. The molecule has 92 valence electrons. The van der Waals surface area contributed by atoms with Crippen LogP contribution in [0, 0.1) is 0 Å². The lowest BCUT2D eigenvalue weighted by atomic mass is 9.96. The molecule has 1 aromatic heterocycles. The lowest BCUT2D eigenvalue weighted by molar-refractivity contribution is -0.138. The zero-order valence-corrected chi connectivity index (χ0v) is 11.0. The van der Waals surface area contributed by atoms with E-state index in [1.54, 1.807) is 12.1 Å². The first-order chi connectivity index (χ1) is 8.68. The largest absolute Gasteiger partial charge is 0.481 e. The molecule has 1 N–H and O–H groups in total. The van der Waals surface area contributed by atoms with Gasteiger partial charge >= 0.3 is 5.97 Å². The topological polar surface area (TPSA) is 63.1 Å². The van der Waals surface area contributed by atoms with Gasteiger partial charge in [-0.1, -0.05) is 34.1 Å². The van der Waals surface area contributed by atoms with Crippen molar-refractivity contribution in [3.63, 3.8) is 0 Å². The van der Waals surface area contributed by atoms with Gasteiger partial charge in [0.1, 0.15) is 5.92 Å². The minimum atomic E-state index is -0.897. The molecule has 0 amide bonds. The van der Waals surface area contributed by atoms with Gasteiger partial charge in [0.25, 0.3) is 0 Å². The lowest BCUT2D eigenvalue weighted by Gasteiger charge is -2.12. The van der Waals surface area contributed by atoms with Crippen LogP contribution in [0.3, 0.4) is 0 Å². The summed E-state index contributed by atoms with van der Waals surface area (Å²) >= 11 is 3.42. The van der Waals surface area contributed by atoms with Gasteiger partial charge < -0.3 is 5.11 Å². The fourth-order valence-electron chi connectivity index (χ4n) is 1.70. The van der Waals surface area contributed by atoms with Gasteiger partial charge in [0.2, 0.25) is 0 Å². The van der Waals surface area contributed by atoms with Crippen LogP contribution in [0.2, 0.25) is 0 Å². The van der Waals surface area contributed by atoms with Crippen LogP contribution >= 0.6 is 15.9 Å². The van der Waals surface area contributed by atoms with Gasteiger partial charge in [-0.05, 0) is 30.2 Å². The maximum absolute atomic E-state index is 11.3. The standard InChI is InChI=1S/C13H11BrN2O2/c14-11-5-2-1-4-9(11)8-10(13(17)18)12-6-3-7-15-16-12/h1-7,10H,8H2,(H,17,18). The molecule has 4 nitrogen and oxygen atoms in total. The molecule has 1 atom stereocenters. The van der Waals surface area contributed by atoms with Crippen LogP contribution in [-0.2, 0) is 11.2 Å². The molecular formula is C13H11BrN2O2. The van der Waals surface area contributed by atoms with Gasteiger partial charge in [0.15, 0.2) is 0 Å². The van der Waals surface area contributed by atoms with Crippen LogP contribution < -0.4 is 0 Å². The molecule has 0 aliphatic carbocycles. The number of carboxylic acids is 1. The number of benzene rings is 1. The summed E-state index contributed by atoms with van der Waals surface area (Å²) in [7, 11) is 0. The van der Waals surface area contributed by atoms with Crippen LogP contribution in [-0.4, -0.2) is 21.3 Å². The Morgan fingerprint density at radius 2 is 2.06 bits per heavy atom. The fourth-order valence-corrected chi connectivity index (χ4v) is 2.15. The summed E-state index contributed by atoms with van der Waals surface area (Å²) in [5, 5.41) is 16.9. The van der Waals surface area contributed by atoms with Crippen molar-refractivity contribution in [2.24, 2.45) is 0 Å². The fraction of sp³-hybridized carbons (Fsp3) is 0.154. The Morgan fingerprint density at radius 3 is 2.67 bits per heavy atom. The molecule has 2 rings (SSSR count). The molecule has 0 radical (unpaired) electrons. The summed E-state index contributed by atoms with van der Waals surface area (Å²) in [6.07, 6.45) is 1.91. The highest BCUT2D eigenvalue weighted by Crippen LogP contribution is 2.24. The molecular weight excluding hydrogens is 296 g/mol. The van der Waals surface area contributed by atoms with E-state index in [1.807, 2.05) is 24.3 Å².